The molecule has 0 radical (unpaired) electrons. The van der Waals surface area contributed by atoms with Crippen molar-refractivity contribution in [2.45, 2.75) is 70.9 Å². The molecule has 1 aliphatic carbocycles. The van der Waals surface area contributed by atoms with Crippen LogP contribution in [0.1, 0.15) is 77.8 Å². The fourth-order valence-corrected chi connectivity index (χ4v) is 6.24. The largest absolute Gasteiger partial charge is 0.391 e. The predicted molar refractivity (Wildman–Crippen MR) is 136 cm³/mol. The molecule has 184 valence electrons. The van der Waals surface area contributed by atoms with Crippen molar-refractivity contribution in [3.63, 3.8) is 0 Å². The highest BCUT2D eigenvalue weighted by molar-refractivity contribution is 5.96. The van der Waals surface area contributed by atoms with Crippen molar-refractivity contribution in [1.82, 2.24) is 19.5 Å². The van der Waals surface area contributed by atoms with Crippen LogP contribution in [-0.2, 0) is 12.8 Å². The number of anilines is 1. The van der Waals surface area contributed by atoms with Crippen LogP contribution in [0.25, 0.3) is 5.65 Å². The number of carbonyl (C=O) groups excluding carboxylic acids is 1. The number of aryl methyl sites for hydroxylation is 2. The highest BCUT2D eigenvalue weighted by Crippen LogP contribution is 2.34. The maximum Gasteiger partial charge on any atom is 0.254 e. The predicted octanol–water partition coefficient (Wildman–Crippen LogP) is 4.10. The Kier molecular flexibility index (Phi) is 5.75. The Hall–Kier alpha value is -2.93. The Balaban J connectivity index is 1.32. The summed E-state index contributed by atoms with van der Waals surface area (Å²) >= 11 is 0. The molecule has 6 rings (SSSR count). The van der Waals surface area contributed by atoms with Gasteiger partial charge in [-0.1, -0.05) is 19.1 Å². The van der Waals surface area contributed by atoms with Crippen LogP contribution in [0.4, 0.5) is 5.82 Å². The molecule has 3 aliphatic rings. The van der Waals surface area contributed by atoms with Crippen molar-refractivity contribution in [3.8, 4) is 0 Å². The Bertz CT molecular complexity index is 1260. The average molecular weight is 474 g/mol. The van der Waals surface area contributed by atoms with Crippen molar-refractivity contribution in [2.24, 2.45) is 5.92 Å². The molecule has 2 aromatic heterocycles. The molecule has 1 amide bonds. The summed E-state index contributed by atoms with van der Waals surface area (Å²) in [6.45, 7) is 6.31. The Morgan fingerprint density at radius 1 is 1.11 bits per heavy atom. The molecule has 2 saturated heterocycles. The average Bonchev–Trinajstić information content (AvgIpc) is 3.44. The number of aliphatic hydroxyl groups is 1. The number of rotatable bonds is 3. The molecule has 3 aromatic rings. The molecule has 7 heteroatoms. The number of nitrogens with zero attached hydrogens (tertiary/aromatic N) is 5. The van der Waals surface area contributed by atoms with Gasteiger partial charge in [0, 0.05) is 48.9 Å². The number of aliphatic hydroxyl groups excluding tert-OH is 1. The van der Waals surface area contributed by atoms with Gasteiger partial charge < -0.3 is 14.9 Å². The third-order valence-electron chi connectivity index (χ3n) is 8.23. The number of benzene rings is 1. The quantitative estimate of drug-likeness (QED) is 0.620. The lowest BCUT2D eigenvalue weighted by atomic mass is 9.87. The lowest BCUT2D eigenvalue weighted by molar-refractivity contribution is 0.0604. The minimum Gasteiger partial charge on any atom is -0.391 e. The zero-order valence-electron chi connectivity index (χ0n) is 20.8. The topological polar surface area (TPSA) is 74.0 Å². The van der Waals surface area contributed by atoms with Crippen molar-refractivity contribution in [1.29, 1.82) is 0 Å². The molecule has 0 bridgehead atoms. The van der Waals surface area contributed by atoms with E-state index >= 15 is 0 Å². The number of hydrogen-bond acceptors (Lipinski definition) is 5. The van der Waals surface area contributed by atoms with Gasteiger partial charge in [0.25, 0.3) is 5.91 Å². The van der Waals surface area contributed by atoms with E-state index < -0.39 is 0 Å². The number of fused-ring (bicyclic) bond motifs is 2. The maximum atomic E-state index is 13.9. The summed E-state index contributed by atoms with van der Waals surface area (Å²) in [5.41, 5.74) is 6.24. The third-order valence-corrected chi connectivity index (χ3v) is 8.23. The molecule has 0 saturated carbocycles. The number of carbonyl (C=O) groups is 1. The molecular weight excluding hydrogens is 438 g/mol. The summed E-state index contributed by atoms with van der Waals surface area (Å²) < 4.78 is 1.85. The molecular formula is C28H35N5O2. The zero-order chi connectivity index (χ0) is 24.1. The van der Waals surface area contributed by atoms with Crippen LogP contribution in [0.15, 0.2) is 30.5 Å². The number of aromatic nitrogens is 3. The van der Waals surface area contributed by atoms with Crippen molar-refractivity contribution in [3.05, 3.63) is 58.4 Å². The highest BCUT2D eigenvalue weighted by atomic mass is 16.3. The van der Waals surface area contributed by atoms with Crippen LogP contribution in [0, 0.1) is 12.8 Å². The summed E-state index contributed by atoms with van der Waals surface area (Å²) in [4.78, 5) is 23.0. The van der Waals surface area contributed by atoms with E-state index in [1.54, 1.807) is 0 Å². The van der Waals surface area contributed by atoms with Gasteiger partial charge in [-0.15, -0.1) is 0 Å². The monoisotopic (exact) mass is 473 g/mol. The van der Waals surface area contributed by atoms with Gasteiger partial charge in [-0.05, 0) is 69.1 Å². The molecule has 4 heterocycles. The van der Waals surface area contributed by atoms with E-state index in [1.807, 2.05) is 29.8 Å². The lowest BCUT2D eigenvalue weighted by Crippen LogP contribution is -2.39. The molecule has 7 nitrogen and oxygen atoms in total. The van der Waals surface area contributed by atoms with Gasteiger partial charge in [0.1, 0.15) is 5.82 Å². The van der Waals surface area contributed by atoms with Crippen LogP contribution in [-0.4, -0.2) is 56.2 Å². The van der Waals surface area contributed by atoms with Crippen LogP contribution in [0.2, 0.25) is 0 Å². The van der Waals surface area contributed by atoms with Gasteiger partial charge in [0.2, 0.25) is 0 Å². The van der Waals surface area contributed by atoms with E-state index in [-0.39, 0.29) is 24.0 Å². The second-order valence-corrected chi connectivity index (χ2v) is 10.7. The number of piperidine rings is 1. The van der Waals surface area contributed by atoms with Crippen LogP contribution < -0.4 is 4.90 Å². The Morgan fingerprint density at radius 2 is 1.97 bits per heavy atom. The summed E-state index contributed by atoms with van der Waals surface area (Å²) in [6.07, 6.45) is 9.20. The molecule has 0 spiro atoms. The smallest absolute Gasteiger partial charge is 0.254 e. The molecule has 1 aromatic carbocycles. The number of likely N-dealkylation sites (tertiary alicyclic amines) is 1. The first-order valence-electron chi connectivity index (χ1n) is 13.2. The van der Waals surface area contributed by atoms with Gasteiger partial charge in [0.15, 0.2) is 5.65 Å². The summed E-state index contributed by atoms with van der Waals surface area (Å²) in [5, 5.41) is 15.1. The van der Waals surface area contributed by atoms with Crippen molar-refractivity contribution in [2.75, 3.05) is 24.5 Å². The maximum absolute atomic E-state index is 13.9. The van der Waals surface area contributed by atoms with Gasteiger partial charge in [0.05, 0.1) is 17.8 Å². The first-order chi connectivity index (χ1) is 17.0. The summed E-state index contributed by atoms with van der Waals surface area (Å²) in [5.74, 6) is 1.30. The van der Waals surface area contributed by atoms with Crippen molar-refractivity contribution >= 4 is 17.4 Å². The number of β-amino-alcohol motifs (C(OH)–C–C–N with tert-alkyl or cyclic N) is 1. The third kappa shape index (κ3) is 3.99. The van der Waals surface area contributed by atoms with Crippen LogP contribution >= 0.6 is 0 Å². The number of hydrogen-bond donors (Lipinski definition) is 1. The first kappa shape index (κ1) is 22.5. The summed E-state index contributed by atoms with van der Waals surface area (Å²) in [7, 11) is 0. The second kappa shape index (κ2) is 8.94. The standard InChI is InChI=1S/C28H35N5O2/c1-18-15-31(17-25(18)34)27-19(2)16-33-26(29-27)14-23(30-33)24-12-5-6-13-32(24)28(35)22-11-7-9-20-8-3-4-10-21(20)22/h7,9,11,14,16,18,24-25,34H,3-6,8,10,12-13,15,17H2,1-2H3/t18-,24+,25+/m1/s1. The molecule has 2 fully saturated rings. The molecule has 35 heavy (non-hydrogen) atoms. The van der Waals surface area contributed by atoms with Crippen LogP contribution in [0.5, 0.6) is 0 Å². The first-order valence-corrected chi connectivity index (χ1v) is 13.2. The zero-order valence-corrected chi connectivity index (χ0v) is 20.8. The highest BCUT2D eigenvalue weighted by Gasteiger charge is 2.33. The normalized spacial score (nSPS) is 24.7. The number of amides is 1. The molecule has 0 unspecified atom stereocenters. The van der Waals surface area contributed by atoms with Gasteiger partial charge in [-0.2, -0.15) is 5.10 Å². The van der Waals surface area contributed by atoms with E-state index in [1.165, 1.54) is 17.5 Å². The lowest BCUT2D eigenvalue weighted by Gasteiger charge is -2.35. The van der Waals surface area contributed by atoms with E-state index in [0.717, 1.165) is 79.9 Å². The molecule has 3 atom stereocenters. The van der Waals surface area contributed by atoms with E-state index in [0.29, 0.717) is 6.54 Å². The van der Waals surface area contributed by atoms with E-state index in [9.17, 15) is 9.90 Å². The van der Waals surface area contributed by atoms with Crippen molar-refractivity contribution < 1.29 is 9.90 Å². The van der Waals surface area contributed by atoms with Gasteiger partial charge in [-0.3, -0.25) is 4.79 Å². The van der Waals surface area contributed by atoms with E-state index in [4.69, 9.17) is 10.1 Å². The minimum atomic E-state index is -0.321. The van der Waals surface area contributed by atoms with Crippen LogP contribution in [0.3, 0.4) is 0 Å². The van der Waals surface area contributed by atoms with E-state index in [2.05, 4.69) is 28.9 Å². The Morgan fingerprint density at radius 3 is 2.80 bits per heavy atom. The molecule has 1 N–H and O–H groups in total. The van der Waals surface area contributed by atoms with Gasteiger partial charge >= 0.3 is 0 Å². The Labute approximate surface area is 206 Å². The fourth-order valence-electron chi connectivity index (χ4n) is 6.24. The fraction of sp³-hybridized carbons (Fsp3) is 0.536. The summed E-state index contributed by atoms with van der Waals surface area (Å²) in [6, 6.07) is 8.27. The molecule has 2 aliphatic heterocycles. The second-order valence-electron chi connectivity index (χ2n) is 10.7. The minimum absolute atomic E-state index is 0.0326. The van der Waals surface area contributed by atoms with Gasteiger partial charge in [-0.25, -0.2) is 9.50 Å². The SMILES string of the molecule is Cc1cn2nc([C@@H]3CCCCN3C(=O)c3cccc4c3CCCC4)cc2nc1N1C[C@@H](C)[C@@H](O)C1.